The Labute approximate surface area is 271 Å². The van der Waals surface area contributed by atoms with E-state index >= 15 is 0 Å². The largest absolute Gasteiger partial charge is 0.444 e. The van der Waals surface area contributed by atoms with Gasteiger partial charge in [0.25, 0.3) is 5.56 Å². The quantitative estimate of drug-likeness (QED) is 0.507. The van der Waals surface area contributed by atoms with E-state index in [-0.39, 0.29) is 54.1 Å². The van der Waals surface area contributed by atoms with Gasteiger partial charge in [0.05, 0.1) is 25.4 Å². The maximum Gasteiger partial charge on any atom is 0.410 e. The van der Waals surface area contributed by atoms with Crippen LogP contribution in [-0.4, -0.2) is 107 Å². The summed E-state index contributed by atoms with van der Waals surface area (Å²) in [6.07, 6.45) is -0.0140. The third-order valence-electron chi connectivity index (χ3n) is 9.42. The van der Waals surface area contributed by atoms with Crippen LogP contribution in [0.5, 0.6) is 0 Å². The summed E-state index contributed by atoms with van der Waals surface area (Å²) < 4.78 is 25.0. The number of hydrogen-bond acceptors (Lipinski definition) is 7. The highest BCUT2D eigenvalue weighted by Crippen LogP contribution is 2.39. The molecule has 0 saturated carbocycles. The van der Waals surface area contributed by atoms with Gasteiger partial charge in [-0.2, -0.15) is 0 Å². The fourth-order valence-electron chi connectivity index (χ4n) is 6.97. The molecule has 0 bridgehead atoms. The van der Waals surface area contributed by atoms with E-state index in [2.05, 4.69) is 28.6 Å². The Morgan fingerprint density at radius 2 is 1.70 bits per heavy atom. The van der Waals surface area contributed by atoms with Crippen LogP contribution in [0.2, 0.25) is 0 Å². The molecule has 2 amide bonds. The van der Waals surface area contributed by atoms with Crippen molar-refractivity contribution in [3.63, 3.8) is 0 Å². The molecule has 5 rings (SSSR count). The van der Waals surface area contributed by atoms with Gasteiger partial charge in [0, 0.05) is 73.4 Å². The molecule has 0 spiro atoms. The molecule has 2 aromatic rings. The summed E-state index contributed by atoms with van der Waals surface area (Å²) in [5.41, 5.74) is 1.52. The Bertz CT molecular complexity index is 1480. The predicted octanol–water partition coefficient (Wildman–Crippen LogP) is 4.15. The second kappa shape index (κ2) is 13.1. The van der Waals surface area contributed by atoms with Crippen molar-refractivity contribution in [2.75, 3.05) is 50.8 Å². The molecule has 0 radical (unpaired) electrons. The summed E-state index contributed by atoms with van der Waals surface area (Å²) >= 11 is 0. The summed E-state index contributed by atoms with van der Waals surface area (Å²) in [5, 5.41) is 0. The lowest BCUT2D eigenvalue weighted by Gasteiger charge is -2.48. The molecular formula is C35H50FN5O5. The number of carbonyl (C=O) groups excluding carboxylic acids is 2. The Balaban J connectivity index is 1.40. The monoisotopic (exact) mass is 639 g/mol. The molecule has 1 aromatic heterocycles. The summed E-state index contributed by atoms with van der Waals surface area (Å²) in [7, 11) is 0. The number of amides is 2. The van der Waals surface area contributed by atoms with E-state index in [1.807, 2.05) is 47.6 Å². The van der Waals surface area contributed by atoms with Crippen molar-refractivity contribution in [2.45, 2.75) is 97.0 Å². The van der Waals surface area contributed by atoms with Gasteiger partial charge >= 0.3 is 6.09 Å². The van der Waals surface area contributed by atoms with Crippen LogP contribution in [0, 0.1) is 5.82 Å². The van der Waals surface area contributed by atoms with Gasteiger partial charge < -0.3 is 24.3 Å². The van der Waals surface area contributed by atoms with Gasteiger partial charge in [0.1, 0.15) is 11.4 Å². The van der Waals surface area contributed by atoms with Crippen molar-refractivity contribution < 1.29 is 23.5 Å². The summed E-state index contributed by atoms with van der Waals surface area (Å²) in [6.45, 7) is 19.5. The maximum atomic E-state index is 14.2. The molecule has 46 heavy (non-hydrogen) atoms. The van der Waals surface area contributed by atoms with Crippen LogP contribution < -0.4 is 10.5 Å². The molecule has 2 fully saturated rings. The van der Waals surface area contributed by atoms with Gasteiger partial charge in [-0.05, 0) is 65.3 Å². The third kappa shape index (κ3) is 7.47. The van der Waals surface area contributed by atoms with Crippen molar-refractivity contribution in [1.29, 1.82) is 0 Å². The van der Waals surface area contributed by atoms with Gasteiger partial charge in [-0.1, -0.05) is 26.0 Å². The fraction of sp³-hybridized carbons (Fsp3) is 0.629. The van der Waals surface area contributed by atoms with E-state index in [4.69, 9.17) is 9.47 Å². The van der Waals surface area contributed by atoms with Crippen LogP contribution in [0.25, 0.3) is 0 Å². The number of nitrogens with one attached hydrogen (secondary N) is 1. The zero-order valence-electron chi connectivity index (χ0n) is 28.6. The molecule has 252 valence electrons. The van der Waals surface area contributed by atoms with Crippen LogP contribution in [0.4, 0.5) is 14.9 Å². The van der Waals surface area contributed by atoms with Gasteiger partial charge in [-0.15, -0.1) is 0 Å². The lowest BCUT2D eigenvalue weighted by atomic mass is 9.91. The van der Waals surface area contributed by atoms with Crippen LogP contribution >= 0.6 is 0 Å². The number of pyridine rings is 1. The number of anilines is 1. The number of aromatic nitrogens is 1. The van der Waals surface area contributed by atoms with Crippen molar-refractivity contribution in [3.8, 4) is 0 Å². The van der Waals surface area contributed by atoms with Crippen LogP contribution in [0.3, 0.4) is 0 Å². The molecule has 3 aliphatic rings. The van der Waals surface area contributed by atoms with Gasteiger partial charge in [0.2, 0.25) is 5.91 Å². The topological polar surface area (TPSA) is 98.4 Å². The van der Waals surface area contributed by atoms with E-state index in [0.717, 1.165) is 11.3 Å². The van der Waals surface area contributed by atoms with Crippen molar-refractivity contribution in [2.24, 2.45) is 0 Å². The minimum absolute atomic E-state index is 0.0578. The zero-order valence-corrected chi connectivity index (χ0v) is 28.6. The molecule has 1 N–H and O–H groups in total. The predicted molar refractivity (Wildman–Crippen MR) is 176 cm³/mol. The number of benzene rings is 1. The van der Waals surface area contributed by atoms with E-state index in [9.17, 15) is 18.8 Å². The van der Waals surface area contributed by atoms with Crippen LogP contribution in [0.15, 0.2) is 35.1 Å². The smallest absolute Gasteiger partial charge is 0.410 e. The first-order valence-electron chi connectivity index (χ1n) is 16.4. The highest BCUT2D eigenvalue weighted by molar-refractivity contribution is 5.97. The minimum atomic E-state index is -0.612. The van der Waals surface area contributed by atoms with Gasteiger partial charge in [0.15, 0.2) is 0 Å². The molecule has 1 aromatic carbocycles. The second-order valence-corrected chi connectivity index (χ2v) is 15.0. The average Bonchev–Trinajstić information content (AvgIpc) is 3.21. The number of halogens is 1. The standard InChI is InChI=1S/C35H50FN5O5/c1-22-15-38(28(16-39-23(2)19-45-20-24(39)3)17-40(22)33(44)46-34(4,5)6)18-30(42)41-21-35(7,8)31-29(41)14-26(32(43)37-31)13-25-9-11-27(36)12-10-25/h9-12,14,22-24,28H,13,15-21H2,1-8H3,(H,37,43)/t22-,23-,24-,28+/m1/s1. The summed E-state index contributed by atoms with van der Waals surface area (Å²) in [5.74, 6) is -0.389. The number of hydrogen-bond donors (Lipinski definition) is 1. The van der Waals surface area contributed by atoms with Crippen molar-refractivity contribution >= 4 is 17.7 Å². The summed E-state index contributed by atoms with van der Waals surface area (Å²) in [4.78, 5) is 51.9. The molecule has 4 heterocycles. The first kappa shape index (κ1) is 34.1. The van der Waals surface area contributed by atoms with E-state index in [1.165, 1.54) is 12.1 Å². The fourth-order valence-corrected chi connectivity index (χ4v) is 6.97. The normalized spacial score (nSPS) is 25.4. The number of nitrogens with zero attached hydrogens (tertiary/aromatic N) is 4. The minimum Gasteiger partial charge on any atom is -0.444 e. The molecular weight excluding hydrogens is 589 g/mol. The first-order valence-corrected chi connectivity index (χ1v) is 16.4. The van der Waals surface area contributed by atoms with E-state index in [1.54, 1.807) is 21.9 Å². The van der Waals surface area contributed by atoms with Crippen molar-refractivity contribution in [1.82, 2.24) is 19.7 Å². The number of H-pyrrole nitrogens is 1. The lowest BCUT2D eigenvalue weighted by molar-refractivity contribution is -0.122. The Morgan fingerprint density at radius 1 is 1.04 bits per heavy atom. The number of fused-ring (bicyclic) bond motifs is 1. The first-order chi connectivity index (χ1) is 21.5. The molecule has 4 atom stereocenters. The van der Waals surface area contributed by atoms with Gasteiger partial charge in [-0.3, -0.25) is 19.4 Å². The lowest BCUT2D eigenvalue weighted by Crippen LogP contribution is -2.65. The molecule has 11 heteroatoms. The summed E-state index contributed by atoms with van der Waals surface area (Å²) in [6, 6.07) is 8.09. The molecule has 0 aliphatic carbocycles. The number of carbonyl (C=O) groups is 2. The average molecular weight is 640 g/mol. The highest BCUT2D eigenvalue weighted by Gasteiger charge is 2.43. The number of piperazine rings is 1. The number of rotatable bonds is 6. The molecule has 3 aliphatic heterocycles. The van der Waals surface area contributed by atoms with E-state index < -0.39 is 11.0 Å². The van der Waals surface area contributed by atoms with Crippen molar-refractivity contribution in [3.05, 3.63) is 63.3 Å². The number of aromatic amines is 1. The maximum absolute atomic E-state index is 14.2. The Kier molecular flexibility index (Phi) is 9.69. The Morgan fingerprint density at radius 3 is 2.33 bits per heavy atom. The van der Waals surface area contributed by atoms with E-state index in [0.29, 0.717) is 57.1 Å². The SMILES string of the molecule is C[C@@H]1CN(CC(=O)N2CC(C)(C)c3[nH]c(=O)c(Cc4ccc(F)cc4)cc32)[C@@H](CN2[C@H](C)COC[C@H]2C)CN1C(=O)OC(C)(C)C. The van der Waals surface area contributed by atoms with Crippen LogP contribution in [0.1, 0.15) is 72.2 Å². The second-order valence-electron chi connectivity index (χ2n) is 15.0. The molecule has 2 saturated heterocycles. The number of morpholine rings is 1. The molecule has 0 unspecified atom stereocenters. The third-order valence-corrected chi connectivity index (χ3v) is 9.42. The zero-order chi connectivity index (χ0) is 33.6. The highest BCUT2D eigenvalue weighted by atomic mass is 19.1. The molecule has 10 nitrogen and oxygen atoms in total. The van der Waals surface area contributed by atoms with Crippen LogP contribution in [-0.2, 0) is 26.1 Å². The van der Waals surface area contributed by atoms with Gasteiger partial charge in [-0.25, -0.2) is 9.18 Å². The Hall–Kier alpha value is -3.28. The number of ether oxygens (including phenoxy) is 2.